The van der Waals surface area contributed by atoms with Gasteiger partial charge in [0.05, 0.1) is 17.8 Å². The Labute approximate surface area is 221 Å². The van der Waals surface area contributed by atoms with Crippen molar-refractivity contribution in [1.82, 2.24) is 20.4 Å². The Morgan fingerprint density at radius 2 is 1.53 bits per heavy atom. The van der Waals surface area contributed by atoms with Crippen LogP contribution in [-0.4, -0.2) is 37.2 Å². The number of ketones is 1. The fourth-order valence-electron chi connectivity index (χ4n) is 3.75. The Morgan fingerprint density at radius 3 is 2.24 bits per heavy atom. The molecule has 38 heavy (non-hydrogen) atoms. The van der Waals surface area contributed by atoms with Gasteiger partial charge < -0.3 is 5.11 Å². The number of hydrogen-bond donors (Lipinski definition) is 2. The van der Waals surface area contributed by atoms with Crippen molar-refractivity contribution in [3.8, 4) is 0 Å². The minimum absolute atomic E-state index is 0.0863. The van der Waals surface area contributed by atoms with E-state index < -0.39 is 23.6 Å². The van der Waals surface area contributed by atoms with Crippen molar-refractivity contribution < 1.29 is 23.5 Å². The van der Waals surface area contributed by atoms with Gasteiger partial charge in [-0.05, 0) is 54.7 Å². The van der Waals surface area contributed by atoms with Gasteiger partial charge in [0.1, 0.15) is 22.4 Å². The van der Waals surface area contributed by atoms with Crippen molar-refractivity contribution in [1.29, 1.82) is 0 Å². The molecule has 2 aromatic carbocycles. The van der Waals surface area contributed by atoms with Crippen molar-refractivity contribution in [3.05, 3.63) is 99.8 Å². The number of aliphatic hydroxyl groups is 1. The summed E-state index contributed by atoms with van der Waals surface area (Å²) < 4.78 is 26.7. The molecule has 0 aliphatic carbocycles. The van der Waals surface area contributed by atoms with Crippen molar-refractivity contribution in [2.24, 2.45) is 0 Å². The molecule has 4 aromatic rings. The van der Waals surface area contributed by atoms with Gasteiger partial charge in [-0.3, -0.25) is 14.9 Å². The summed E-state index contributed by atoms with van der Waals surface area (Å²) in [4.78, 5) is 24.5. The molecule has 0 bridgehead atoms. The second-order valence-corrected chi connectivity index (χ2v) is 9.76. The van der Waals surface area contributed by atoms with Crippen LogP contribution < -0.4 is 5.32 Å². The van der Waals surface area contributed by atoms with Crippen molar-refractivity contribution in [2.75, 3.05) is 5.32 Å². The van der Waals surface area contributed by atoms with Crippen LogP contribution in [-0.2, 0) is 35.3 Å². The fraction of sp³-hybridized carbons (Fsp3) is 0.259. The van der Waals surface area contributed by atoms with Crippen LogP contribution in [0.25, 0.3) is 0 Å². The first-order chi connectivity index (χ1) is 18.4. The lowest BCUT2D eigenvalue weighted by Gasteiger charge is -2.10. The molecule has 0 radical (unpaired) electrons. The fourth-order valence-corrected chi connectivity index (χ4v) is 4.53. The normalized spacial score (nSPS) is 11.8. The average molecular weight is 538 g/mol. The summed E-state index contributed by atoms with van der Waals surface area (Å²) in [6, 6.07) is 15.7. The topological polar surface area (TPSA) is 118 Å². The number of carbonyl (C=O) groups excluding carboxylic acids is 2. The van der Waals surface area contributed by atoms with E-state index in [2.05, 4.69) is 25.7 Å². The molecule has 0 aliphatic rings. The summed E-state index contributed by atoms with van der Waals surface area (Å²) in [6.07, 6.45) is 1.83. The van der Waals surface area contributed by atoms with Crippen LogP contribution in [0, 0.1) is 11.6 Å². The molecule has 8 nitrogen and oxygen atoms in total. The van der Waals surface area contributed by atoms with Gasteiger partial charge in [0.15, 0.2) is 6.10 Å². The predicted molar refractivity (Wildman–Crippen MR) is 137 cm³/mol. The highest BCUT2D eigenvalue weighted by atomic mass is 32.1. The maximum Gasteiger partial charge on any atom is 0.259 e. The number of rotatable bonds is 12. The largest absolute Gasteiger partial charge is 0.378 e. The Bertz CT molecular complexity index is 1360. The average Bonchev–Trinajstić information content (AvgIpc) is 3.34. The highest BCUT2D eigenvalue weighted by Gasteiger charge is 2.20. The van der Waals surface area contributed by atoms with E-state index in [-0.39, 0.29) is 22.9 Å². The van der Waals surface area contributed by atoms with Crippen LogP contribution >= 0.6 is 11.3 Å². The molecule has 2 aromatic heterocycles. The number of benzene rings is 2. The summed E-state index contributed by atoms with van der Waals surface area (Å²) in [7, 11) is 0. The van der Waals surface area contributed by atoms with Gasteiger partial charge in [-0.2, -0.15) is 10.2 Å². The van der Waals surface area contributed by atoms with Crippen LogP contribution in [0.1, 0.15) is 46.5 Å². The summed E-state index contributed by atoms with van der Waals surface area (Å²) in [5.74, 6) is -2.55. The second kappa shape index (κ2) is 13.0. The maximum absolute atomic E-state index is 13.3. The number of Topliss-reactive ketones (excluding diaryl/α,β-unsaturated/α-hetero) is 1. The summed E-state index contributed by atoms with van der Waals surface area (Å²) in [5.41, 5.74) is 2.26. The SMILES string of the molecule is O=C(Cc1ccccc1)Cc1ccc(CCCCc2nnc(NC(=O)C(O)c3cc(F)cc(F)c3)s2)nn1. The standard InChI is InChI=1S/C27H25F2N5O3S/c28-19-13-18(14-20(29)15-19)25(36)26(37)30-27-34-33-24(38-27)9-5-4-8-21-10-11-22(32-31-21)16-23(35)12-17-6-2-1-3-7-17/h1-3,6-7,10-11,13-15,25,36H,4-5,8-9,12,16H2,(H,30,34,37). The van der Waals surface area contributed by atoms with E-state index >= 15 is 0 Å². The number of nitrogens with one attached hydrogen (secondary N) is 1. The van der Waals surface area contributed by atoms with Gasteiger partial charge in [0.2, 0.25) is 5.13 Å². The molecule has 1 unspecified atom stereocenters. The number of aromatic nitrogens is 4. The minimum Gasteiger partial charge on any atom is -0.378 e. The van der Waals surface area contributed by atoms with E-state index in [1.807, 2.05) is 42.5 Å². The summed E-state index contributed by atoms with van der Waals surface area (Å²) in [5, 5.41) is 29.7. The third-order valence-electron chi connectivity index (χ3n) is 5.62. The highest BCUT2D eigenvalue weighted by Crippen LogP contribution is 2.21. The van der Waals surface area contributed by atoms with E-state index in [1.54, 1.807) is 0 Å². The zero-order valence-corrected chi connectivity index (χ0v) is 21.1. The number of amides is 1. The molecule has 0 saturated heterocycles. The molecule has 0 spiro atoms. The van der Waals surface area contributed by atoms with Crippen LogP contribution in [0.3, 0.4) is 0 Å². The molecule has 2 heterocycles. The number of halogens is 2. The number of unbranched alkanes of at least 4 members (excludes halogenated alkanes) is 1. The van der Waals surface area contributed by atoms with Crippen molar-refractivity contribution in [3.63, 3.8) is 0 Å². The minimum atomic E-state index is -1.75. The molecule has 1 atom stereocenters. The number of aliphatic hydroxyl groups excluding tert-OH is 1. The zero-order valence-electron chi connectivity index (χ0n) is 20.3. The number of aryl methyl sites for hydroxylation is 2. The molecule has 2 N–H and O–H groups in total. The molecular formula is C27H25F2N5O3S. The Hall–Kier alpha value is -3.96. The Kier molecular flexibility index (Phi) is 9.28. The summed E-state index contributed by atoms with van der Waals surface area (Å²) in [6.45, 7) is 0. The van der Waals surface area contributed by atoms with Gasteiger partial charge in [0, 0.05) is 18.9 Å². The third-order valence-corrected chi connectivity index (χ3v) is 6.52. The summed E-state index contributed by atoms with van der Waals surface area (Å²) >= 11 is 1.16. The molecule has 0 saturated carbocycles. The van der Waals surface area contributed by atoms with Crippen LogP contribution in [0.15, 0.2) is 60.7 Å². The van der Waals surface area contributed by atoms with Gasteiger partial charge in [-0.15, -0.1) is 10.2 Å². The molecule has 11 heteroatoms. The maximum atomic E-state index is 13.3. The molecule has 1 amide bonds. The van der Waals surface area contributed by atoms with Gasteiger partial charge in [0.25, 0.3) is 5.91 Å². The Morgan fingerprint density at radius 1 is 0.842 bits per heavy atom. The molecule has 196 valence electrons. The lowest BCUT2D eigenvalue weighted by Crippen LogP contribution is -2.21. The molecule has 0 aliphatic heterocycles. The lowest BCUT2D eigenvalue weighted by molar-refractivity contribution is -0.124. The monoisotopic (exact) mass is 537 g/mol. The first-order valence-electron chi connectivity index (χ1n) is 12.0. The van der Waals surface area contributed by atoms with E-state index in [4.69, 9.17) is 0 Å². The van der Waals surface area contributed by atoms with Crippen molar-refractivity contribution >= 4 is 28.2 Å². The zero-order chi connectivity index (χ0) is 26.9. The van der Waals surface area contributed by atoms with Gasteiger partial charge >= 0.3 is 0 Å². The number of carbonyl (C=O) groups is 2. The lowest BCUT2D eigenvalue weighted by atomic mass is 10.1. The third kappa shape index (κ3) is 8.02. The predicted octanol–water partition coefficient (Wildman–Crippen LogP) is 4.20. The first-order valence-corrected chi connectivity index (χ1v) is 12.8. The number of nitrogens with zero attached hydrogens (tertiary/aromatic N) is 4. The number of anilines is 1. The van der Waals surface area contributed by atoms with Crippen LogP contribution in [0.5, 0.6) is 0 Å². The molecular weight excluding hydrogens is 512 g/mol. The second-order valence-electron chi connectivity index (χ2n) is 8.70. The van der Waals surface area contributed by atoms with Crippen LogP contribution in [0.4, 0.5) is 13.9 Å². The number of hydrogen-bond acceptors (Lipinski definition) is 8. The van der Waals surface area contributed by atoms with E-state index in [1.165, 1.54) is 0 Å². The van der Waals surface area contributed by atoms with Gasteiger partial charge in [-0.1, -0.05) is 41.7 Å². The molecule has 0 fully saturated rings. The first kappa shape index (κ1) is 27.1. The van der Waals surface area contributed by atoms with Crippen molar-refractivity contribution in [2.45, 2.75) is 44.6 Å². The van der Waals surface area contributed by atoms with E-state index in [9.17, 15) is 23.5 Å². The van der Waals surface area contributed by atoms with Crippen LogP contribution in [0.2, 0.25) is 0 Å². The van der Waals surface area contributed by atoms with Gasteiger partial charge in [-0.25, -0.2) is 8.78 Å². The van der Waals surface area contributed by atoms with E-state index in [0.29, 0.717) is 36.0 Å². The highest BCUT2D eigenvalue weighted by molar-refractivity contribution is 7.15. The Balaban J connectivity index is 1.18. The smallest absolute Gasteiger partial charge is 0.259 e. The van der Waals surface area contributed by atoms with E-state index in [0.717, 1.165) is 47.6 Å². The molecule has 4 rings (SSSR count). The quantitative estimate of drug-likeness (QED) is 0.260.